The van der Waals surface area contributed by atoms with Crippen LogP contribution in [-0.2, 0) is 9.53 Å². The highest BCUT2D eigenvalue weighted by atomic mass is 16.5. The molecule has 0 aliphatic rings. The molecule has 0 aliphatic heterocycles. The highest BCUT2D eigenvalue weighted by Gasteiger charge is 1.99. The van der Waals surface area contributed by atoms with E-state index in [1.54, 1.807) is 19.1 Å². The van der Waals surface area contributed by atoms with Crippen LogP contribution < -0.4 is 0 Å². The number of esters is 1. The van der Waals surface area contributed by atoms with Crippen LogP contribution >= 0.6 is 0 Å². The molecule has 0 aromatic rings. The molecule has 0 spiro atoms. The molecule has 0 heterocycles. The maximum atomic E-state index is 10.8. The van der Waals surface area contributed by atoms with Gasteiger partial charge in [-0.2, -0.15) is 0 Å². The average molecular weight is 166 g/mol. The Morgan fingerprint density at radius 2 is 2.17 bits per heavy atom. The van der Waals surface area contributed by atoms with E-state index in [1.165, 1.54) is 0 Å². The Balaban J connectivity index is 3.49. The molecule has 0 N–H and O–H groups in total. The normalized spacial score (nSPS) is 9.75. The Hall–Kier alpha value is -1.31. The highest BCUT2D eigenvalue weighted by Crippen LogP contribution is 1.92. The zero-order valence-corrected chi connectivity index (χ0v) is 7.38. The van der Waals surface area contributed by atoms with Crippen molar-refractivity contribution in [1.82, 2.24) is 0 Å². The van der Waals surface area contributed by atoms with Crippen molar-refractivity contribution in [3.8, 4) is 0 Å². The van der Waals surface area contributed by atoms with Gasteiger partial charge in [0.1, 0.15) is 6.61 Å². The number of ether oxygens (including phenoxy) is 1. The lowest BCUT2D eigenvalue weighted by atomic mass is 10.3. The maximum absolute atomic E-state index is 10.8. The minimum Gasteiger partial charge on any atom is -0.458 e. The molecule has 66 valence electrons. The van der Waals surface area contributed by atoms with Crippen LogP contribution in [0.1, 0.15) is 13.3 Å². The van der Waals surface area contributed by atoms with Crippen molar-refractivity contribution in [3.05, 3.63) is 37.0 Å². The van der Waals surface area contributed by atoms with Crippen LogP contribution in [0.4, 0.5) is 0 Å². The smallest absolute Gasteiger partial charge is 0.333 e. The van der Waals surface area contributed by atoms with E-state index in [0.717, 1.165) is 6.42 Å². The summed E-state index contributed by atoms with van der Waals surface area (Å²) >= 11 is 0. The summed E-state index contributed by atoms with van der Waals surface area (Å²) in [4.78, 5) is 10.8. The van der Waals surface area contributed by atoms with Gasteiger partial charge in [-0.25, -0.2) is 4.79 Å². The molecule has 0 aromatic carbocycles. The molecule has 0 radical (unpaired) electrons. The Morgan fingerprint density at radius 1 is 1.50 bits per heavy atom. The van der Waals surface area contributed by atoms with Crippen LogP contribution in [0.25, 0.3) is 0 Å². The number of hydrogen-bond acceptors (Lipinski definition) is 2. The molecule has 0 saturated heterocycles. The van der Waals surface area contributed by atoms with Gasteiger partial charge in [-0.05, 0) is 13.3 Å². The van der Waals surface area contributed by atoms with E-state index < -0.39 is 0 Å². The summed E-state index contributed by atoms with van der Waals surface area (Å²) in [5.41, 5.74) is 0.423. The zero-order valence-electron chi connectivity index (χ0n) is 7.38. The third kappa shape index (κ3) is 5.47. The third-order valence-corrected chi connectivity index (χ3v) is 1.13. The molecule has 0 rings (SSSR count). The van der Waals surface area contributed by atoms with Crippen molar-refractivity contribution in [2.75, 3.05) is 6.61 Å². The Morgan fingerprint density at radius 3 is 2.67 bits per heavy atom. The summed E-state index contributed by atoms with van der Waals surface area (Å²) in [7, 11) is 0. The quantitative estimate of drug-likeness (QED) is 0.355. The minimum absolute atomic E-state index is 0.305. The van der Waals surface area contributed by atoms with E-state index in [2.05, 4.69) is 13.2 Å². The molecular weight excluding hydrogens is 152 g/mol. The molecule has 0 aliphatic carbocycles. The maximum Gasteiger partial charge on any atom is 0.333 e. The highest BCUT2D eigenvalue weighted by molar-refractivity contribution is 5.86. The molecule has 0 unspecified atom stereocenters. The first kappa shape index (κ1) is 10.7. The van der Waals surface area contributed by atoms with Gasteiger partial charge in [0.15, 0.2) is 0 Å². The van der Waals surface area contributed by atoms with Crippen molar-refractivity contribution >= 4 is 5.97 Å². The van der Waals surface area contributed by atoms with E-state index in [4.69, 9.17) is 4.74 Å². The van der Waals surface area contributed by atoms with Crippen molar-refractivity contribution in [2.45, 2.75) is 13.3 Å². The van der Waals surface area contributed by atoms with Crippen LogP contribution in [0, 0.1) is 0 Å². The first-order valence-corrected chi connectivity index (χ1v) is 3.77. The summed E-state index contributed by atoms with van der Waals surface area (Å²) in [5.74, 6) is -0.349. The van der Waals surface area contributed by atoms with E-state index in [0.29, 0.717) is 12.2 Å². The summed E-state index contributed by atoms with van der Waals surface area (Å²) < 4.78 is 4.79. The molecule has 0 aromatic heterocycles. The van der Waals surface area contributed by atoms with Gasteiger partial charge in [-0.15, -0.1) is 6.58 Å². The van der Waals surface area contributed by atoms with Gasteiger partial charge in [0.05, 0.1) is 0 Å². The molecule has 0 fully saturated rings. The van der Waals surface area contributed by atoms with Crippen LogP contribution in [-0.4, -0.2) is 12.6 Å². The Bertz CT molecular complexity index is 202. The fourth-order valence-electron chi connectivity index (χ4n) is 0.507. The molecule has 0 atom stereocenters. The number of allylic oxidation sites excluding steroid dienone is 2. The van der Waals surface area contributed by atoms with Crippen molar-refractivity contribution in [2.24, 2.45) is 0 Å². The number of carbonyl (C=O) groups is 1. The second-order valence-corrected chi connectivity index (χ2v) is 2.37. The molecule has 0 bridgehead atoms. The van der Waals surface area contributed by atoms with Gasteiger partial charge >= 0.3 is 5.97 Å². The Kier molecular flexibility index (Phi) is 5.70. The van der Waals surface area contributed by atoms with Gasteiger partial charge < -0.3 is 4.74 Å². The van der Waals surface area contributed by atoms with Crippen LogP contribution in [0.3, 0.4) is 0 Å². The van der Waals surface area contributed by atoms with E-state index in [-0.39, 0.29) is 5.97 Å². The number of carbonyl (C=O) groups excluding carboxylic acids is 1. The summed E-state index contributed by atoms with van der Waals surface area (Å²) in [6, 6.07) is 0. The molecule has 2 nitrogen and oxygen atoms in total. The fraction of sp³-hybridized carbons (Fsp3) is 0.300. The summed E-state index contributed by atoms with van der Waals surface area (Å²) in [6.45, 7) is 8.93. The van der Waals surface area contributed by atoms with Crippen LogP contribution in [0.5, 0.6) is 0 Å². The van der Waals surface area contributed by atoms with Crippen LogP contribution in [0.2, 0.25) is 0 Å². The molecule has 0 amide bonds. The van der Waals surface area contributed by atoms with Gasteiger partial charge in [0, 0.05) is 5.57 Å². The lowest BCUT2D eigenvalue weighted by Gasteiger charge is -1.98. The lowest BCUT2D eigenvalue weighted by molar-refractivity contribution is -0.137. The molecule has 0 saturated carbocycles. The van der Waals surface area contributed by atoms with Crippen molar-refractivity contribution < 1.29 is 9.53 Å². The average Bonchev–Trinajstić information content (AvgIpc) is 2.03. The fourth-order valence-corrected chi connectivity index (χ4v) is 0.507. The van der Waals surface area contributed by atoms with E-state index in [9.17, 15) is 4.79 Å². The van der Waals surface area contributed by atoms with Gasteiger partial charge in [0.25, 0.3) is 0 Å². The second kappa shape index (κ2) is 6.40. The van der Waals surface area contributed by atoms with E-state index in [1.807, 2.05) is 6.08 Å². The Labute approximate surface area is 73.2 Å². The second-order valence-electron chi connectivity index (χ2n) is 2.37. The topological polar surface area (TPSA) is 26.3 Å². The first-order chi connectivity index (χ1) is 5.68. The van der Waals surface area contributed by atoms with Crippen LogP contribution in [0.15, 0.2) is 37.0 Å². The molecule has 2 heteroatoms. The lowest BCUT2D eigenvalue weighted by Crippen LogP contribution is -2.04. The zero-order chi connectivity index (χ0) is 9.40. The molecular formula is C10H14O2. The predicted molar refractivity (Wildman–Crippen MR) is 49.7 cm³/mol. The van der Waals surface area contributed by atoms with Crippen molar-refractivity contribution in [1.29, 1.82) is 0 Å². The van der Waals surface area contributed by atoms with Gasteiger partial charge in [-0.1, -0.05) is 24.8 Å². The van der Waals surface area contributed by atoms with E-state index >= 15 is 0 Å². The molecule has 12 heavy (non-hydrogen) atoms. The summed E-state index contributed by atoms with van der Waals surface area (Å²) in [6.07, 6.45) is 6.24. The monoisotopic (exact) mass is 166 g/mol. The third-order valence-electron chi connectivity index (χ3n) is 1.13. The number of hydrogen-bond donors (Lipinski definition) is 0. The standard InChI is InChI=1S/C10H14O2/c1-4-5-6-7-8-12-10(11)9(2)3/h4,6-7H,1-2,5,8H2,3H3/b7-6+. The SMILES string of the molecule is C=CC/C=C/COC(=O)C(=C)C. The van der Waals surface area contributed by atoms with Gasteiger partial charge in [-0.3, -0.25) is 0 Å². The predicted octanol–water partition coefficient (Wildman–Crippen LogP) is 2.24. The van der Waals surface area contributed by atoms with Crippen molar-refractivity contribution in [3.63, 3.8) is 0 Å². The summed E-state index contributed by atoms with van der Waals surface area (Å²) in [5, 5.41) is 0. The largest absolute Gasteiger partial charge is 0.458 e. The first-order valence-electron chi connectivity index (χ1n) is 3.77. The minimum atomic E-state index is -0.349. The number of rotatable bonds is 5. The van der Waals surface area contributed by atoms with Gasteiger partial charge in [0.2, 0.25) is 0 Å².